The molecule has 1 atom stereocenters. The van der Waals surface area contributed by atoms with E-state index >= 15 is 0 Å². The number of carbonyl (C=O) groups is 1. The van der Waals surface area contributed by atoms with Gasteiger partial charge in [0.2, 0.25) is 0 Å². The normalized spacial score (nSPS) is 19.8. The fraction of sp³-hybridized carbons (Fsp3) is 0.444. The number of aliphatic hydroxyl groups is 1. The minimum Gasteiger partial charge on any atom is -0.386 e. The molecule has 0 bridgehead atoms. The van der Waals surface area contributed by atoms with Crippen LogP contribution in [0.4, 0.5) is 10.6 Å². The summed E-state index contributed by atoms with van der Waals surface area (Å²) in [5, 5.41) is 20.0. The predicted octanol–water partition coefficient (Wildman–Crippen LogP) is 2.07. The number of anilines is 1. The highest BCUT2D eigenvalue weighted by Crippen LogP contribution is 2.19. The summed E-state index contributed by atoms with van der Waals surface area (Å²) in [4.78, 5) is 12.1. The van der Waals surface area contributed by atoms with E-state index in [2.05, 4.69) is 21.8 Å². The molecule has 1 aliphatic heterocycles. The van der Waals surface area contributed by atoms with Gasteiger partial charge in [-0.05, 0) is 44.0 Å². The molecule has 1 aromatic carbocycles. The second kappa shape index (κ2) is 6.85. The molecule has 1 fully saturated rings. The van der Waals surface area contributed by atoms with Crippen LogP contribution >= 0.6 is 0 Å². The third-order valence-electron chi connectivity index (χ3n) is 4.24. The lowest BCUT2D eigenvalue weighted by molar-refractivity contribution is 0.0295. The lowest BCUT2D eigenvalue weighted by atomic mass is 10.0. The van der Waals surface area contributed by atoms with E-state index in [4.69, 9.17) is 4.74 Å². The highest BCUT2D eigenvalue weighted by Gasteiger charge is 2.32. The molecule has 7 heteroatoms. The largest absolute Gasteiger partial charge is 0.386 e. The van der Waals surface area contributed by atoms with E-state index in [9.17, 15) is 9.90 Å². The van der Waals surface area contributed by atoms with Gasteiger partial charge in [0.1, 0.15) is 5.60 Å². The second-order valence-corrected chi connectivity index (χ2v) is 6.76. The van der Waals surface area contributed by atoms with E-state index < -0.39 is 11.6 Å². The molecule has 2 amide bonds. The minimum atomic E-state index is -0.980. The van der Waals surface area contributed by atoms with Gasteiger partial charge in [0.15, 0.2) is 5.82 Å². The molecule has 0 saturated carbocycles. The van der Waals surface area contributed by atoms with Crippen molar-refractivity contribution in [1.29, 1.82) is 0 Å². The number of benzene rings is 1. The minimum absolute atomic E-state index is 0.148. The molecular weight excluding hydrogens is 320 g/mol. The van der Waals surface area contributed by atoms with Gasteiger partial charge in [0.25, 0.3) is 0 Å². The molecule has 1 unspecified atom stereocenters. The fourth-order valence-corrected chi connectivity index (χ4v) is 3.01. The molecule has 2 heterocycles. The first kappa shape index (κ1) is 17.4. The number of rotatable bonds is 4. The number of nitrogens with one attached hydrogen (secondary N) is 2. The molecule has 7 nitrogen and oxygen atoms in total. The van der Waals surface area contributed by atoms with E-state index in [1.165, 1.54) is 0 Å². The Morgan fingerprint density at radius 3 is 2.64 bits per heavy atom. The summed E-state index contributed by atoms with van der Waals surface area (Å²) in [5.41, 5.74) is 3.21. The van der Waals surface area contributed by atoms with Crippen LogP contribution in [0.3, 0.4) is 0 Å². The van der Waals surface area contributed by atoms with Gasteiger partial charge in [-0.2, -0.15) is 0 Å². The van der Waals surface area contributed by atoms with Crippen molar-refractivity contribution in [2.45, 2.75) is 32.8 Å². The molecule has 3 N–H and O–H groups in total. The van der Waals surface area contributed by atoms with Gasteiger partial charge in [-0.3, -0.25) is 5.32 Å². The van der Waals surface area contributed by atoms with Crippen molar-refractivity contribution in [2.24, 2.45) is 0 Å². The van der Waals surface area contributed by atoms with E-state index in [1.807, 2.05) is 39.0 Å². The summed E-state index contributed by atoms with van der Waals surface area (Å²) in [6.45, 7) is 6.92. The number of hydrogen-bond acceptors (Lipinski definition) is 4. The Labute approximate surface area is 147 Å². The lowest BCUT2D eigenvalue weighted by Gasteiger charge is -2.20. The zero-order valence-corrected chi connectivity index (χ0v) is 14.8. The summed E-state index contributed by atoms with van der Waals surface area (Å²) in [6, 6.07) is 7.61. The van der Waals surface area contributed by atoms with Crippen molar-refractivity contribution in [3.05, 3.63) is 41.1 Å². The monoisotopic (exact) mass is 344 g/mol. The highest BCUT2D eigenvalue weighted by molar-refractivity contribution is 5.88. The fourth-order valence-electron chi connectivity index (χ4n) is 3.01. The van der Waals surface area contributed by atoms with E-state index in [1.54, 1.807) is 4.68 Å². The predicted molar refractivity (Wildman–Crippen MR) is 95.2 cm³/mol. The number of amides is 2. The standard InChI is InChI=1S/C18H24N4O3/c1-12-6-13(2)8-15(7-12)22-14(3)9-16(21-22)20-17(23)19-10-18(24)4-5-25-11-18/h6-9,24H,4-5,10-11H2,1-3H3,(H2,19,20,21,23). The van der Waals surface area contributed by atoms with Gasteiger partial charge < -0.3 is 15.2 Å². The first-order chi connectivity index (χ1) is 11.8. The molecule has 0 spiro atoms. The summed E-state index contributed by atoms with van der Waals surface area (Å²) in [7, 11) is 0. The zero-order valence-electron chi connectivity index (χ0n) is 14.8. The van der Waals surface area contributed by atoms with Crippen LogP contribution in [0.25, 0.3) is 5.69 Å². The van der Waals surface area contributed by atoms with Crippen molar-refractivity contribution in [3.8, 4) is 5.69 Å². The SMILES string of the molecule is Cc1cc(C)cc(-n2nc(NC(=O)NCC3(O)CCOC3)cc2C)c1. The number of aromatic nitrogens is 2. The van der Waals surface area contributed by atoms with Crippen LogP contribution in [0.5, 0.6) is 0 Å². The van der Waals surface area contributed by atoms with Crippen molar-refractivity contribution < 1.29 is 14.6 Å². The van der Waals surface area contributed by atoms with Gasteiger partial charge >= 0.3 is 6.03 Å². The summed E-state index contributed by atoms with van der Waals surface area (Å²) in [6.07, 6.45) is 0.522. The zero-order chi connectivity index (χ0) is 18.0. The van der Waals surface area contributed by atoms with Crippen molar-refractivity contribution in [1.82, 2.24) is 15.1 Å². The number of hydrogen-bond donors (Lipinski definition) is 3. The second-order valence-electron chi connectivity index (χ2n) is 6.76. The topological polar surface area (TPSA) is 88.4 Å². The third-order valence-corrected chi connectivity index (χ3v) is 4.24. The van der Waals surface area contributed by atoms with Gasteiger partial charge in [-0.1, -0.05) is 6.07 Å². The Morgan fingerprint density at radius 1 is 1.28 bits per heavy atom. The average Bonchev–Trinajstić information content (AvgIpc) is 3.11. The number of ether oxygens (including phenoxy) is 1. The van der Waals surface area contributed by atoms with Crippen LogP contribution in [-0.4, -0.2) is 46.3 Å². The first-order valence-electron chi connectivity index (χ1n) is 8.35. The average molecular weight is 344 g/mol. The smallest absolute Gasteiger partial charge is 0.320 e. The molecule has 1 aliphatic rings. The Bertz CT molecular complexity index is 758. The molecule has 0 aliphatic carbocycles. The maximum atomic E-state index is 12.1. The maximum absolute atomic E-state index is 12.1. The summed E-state index contributed by atoms with van der Waals surface area (Å²) >= 11 is 0. The molecule has 2 aromatic rings. The van der Waals surface area contributed by atoms with Gasteiger partial charge in [-0.25, -0.2) is 9.48 Å². The third kappa shape index (κ3) is 4.18. The highest BCUT2D eigenvalue weighted by atomic mass is 16.5. The van der Waals surface area contributed by atoms with Crippen LogP contribution in [0.15, 0.2) is 24.3 Å². The molecule has 1 saturated heterocycles. The van der Waals surface area contributed by atoms with Crippen LogP contribution in [0.2, 0.25) is 0 Å². The first-order valence-corrected chi connectivity index (χ1v) is 8.35. The Morgan fingerprint density at radius 2 is 2.00 bits per heavy atom. The van der Waals surface area contributed by atoms with Crippen molar-refractivity contribution >= 4 is 11.8 Å². The molecule has 25 heavy (non-hydrogen) atoms. The van der Waals surface area contributed by atoms with Crippen molar-refractivity contribution in [3.63, 3.8) is 0 Å². The number of aryl methyl sites for hydroxylation is 3. The Kier molecular flexibility index (Phi) is 4.78. The molecular formula is C18H24N4O3. The summed E-state index contributed by atoms with van der Waals surface area (Å²) in [5.74, 6) is 0.462. The Hall–Kier alpha value is -2.38. The number of carbonyl (C=O) groups excluding carboxylic acids is 1. The lowest BCUT2D eigenvalue weighted by Crippen LogP contribution is -2.44. The molecule has 1 aromatic heterocycles. The quantitative estimate of drug-likeness (QED) is 0.792. The van der Waals surface area contributed by atoms with E-state index in [0.717, 1.165) is 22.5 Å². The number of urea groups is 1. The van der Waals surface area contributed by atoms with Crippen LogP contribution in [0, 0.1) is 20.8 Å². The van der Waals surface area contributed by atoms with Gasteiger partial charge in [-0.15, -0.1) is 5.10 Å². The van der Waals surface area contributed by atoms with Gasteiger partial charge in [0.05, 0.1) is 18.8 Å². The molecule has 134 valence electrons. The van der Waals surface area contributed by atoms with Crippen LogP contribution in [-0.2, 0) is 4.74 Å². The van der Waals surface area contributed by atoms with Crippen LogP contribution in [0.1, 0.15) is 23.2 Å². The molecule has 0 radical (unpaired) electrons. The molecule has 3 rings (SSSR count). The van der Waals surface area contributed by atoms with E-state index in [-0.39, 0.29) is 13.2 Å². The Balaban J connectivity index is 1.66. The number of nitrogens with zero attached hydrogens (tertiary/aromatic N) is 2. The maximum Gasteiger partial charge on any atom is 0.320 e. The van der Waals surface area contributed by atoms with Gasteiger partial charge in [0, 0.05) is 24.8 Å². The van der Waals surface area contributed by atoms with E-state index in [0.29, 0.717) is 18.8 Å². The van der Waals surface area contributed by atoms with Crippen LogP contribution < -0.4 is 10.6 Å². The van der Waals surface area contributed by atoms with Crippen molar-refractivity contribution in [2.75, 3.05) is 25.1 Å². The summed E-state index contributed by atoms with van der Waals surface area (Å²) < 4.78 is 6.96.